The number of alkyl halides is 2. The highest BCUT2D eigenvalue weighted by atomic mass is 28.4. The van der Waals surface area contributed by atoms with Crippen molar-refractivity contribution < 1.29 is 27.5 Å². The van der Waals surface area contributed by atoms with Crippen molar-refractivity contribution in [3.05, 3.63) is 109 Å². The molecule has 1 saturated heterocycles. The molecule has 1 saturated carbocycles. The summed E-state index contributed by atoms with van der Waals surface area (Å²) < 4.78 is 43.3. The molecule has 4 aromatic carbocycles. The molecule has 0 amide bonds. The van der Waals surface area contributed by atoms with Crippen molar-refractivity contribution in [1.82, 2.24) is 0 Å². The molecule has 0 bridgehead atoms. The zero-order chi connectivity index (χ0) is 33.2. The SMILES string of the molecule is CC(C)(C)[Si](O)(c1ccccc1)c1ccc(-c2cccc([Si](OC3C4(CC4)OC(=O)C3(F)F)(c3ccccc3)C(C)(C)C)c2)cc1. The lowest BCUT2D eigenvalue weighted by atomic mass is 10.1. The van der Waals surface area contributed by atoms with Crippen molar-refractivity contribution in [2.24, 2.45) is 0 Å². The maximum atomic E-state index is 15.6. The van der Waals surface area contributed by atoms with Crippen molar-refractivity contribution in [1.29, 1.82) is 0 Å². The molecule has 1 heterocycles. The van der Waals surface area contributed by atoms with Crippen molar-refractivity contribution in [3.8, 4) is 11.1 Å². The lowest BCUT2D eigenvalue weighted by molar-refractivity contribution is -0.162. The summed E-state index contributed by atoms with van der Waals surface area (Å²) in [5, 5.41) is 2.62. The fourth-order valence-electron chi connectivity index (χ4n) is 7.14. The average molecular weight is 657 g/mol. The molecule has 2 aliphatic rings. The first-order chi connectivity index (χ1) is 21.6. The highest BCUT2D eigenvalue weighted by Gasteiger charge is 2.75. The van der Waals surface area contributed by atoms with Gasteiger partial charge >= 0.3 is 11.9 Å². The second kappa shape index (κ2) is 11.1. The normalized spacial score (nSPS) is 21.3. The standard InChI is InChI=1S/C38H42F2O4Si2/c1-35(2,3)45(42,29-15-9-7-10-16-29)30-22-20-27(21-23-30)28-14-13-19-32(26-28)46(36(4,5)6,31-17-11-8-12-18-31)44-33-37(24-25-37)43-34(41)38(33,39)40/h7-23,26,33,42H,24-25H2,1-6H3. The minimum Gasteiger partial charge on any atom is -0.452 e. The fraction of sp³-hybridized carbons (Fsp3) is 0.342. The Labute approximate surface area is 272 Å². The summed E-state index contributed by atoms with van der Waals surface area (Å²) in [6, 6.07) is 35.6. The van der Waals surface area contributed by atoms with E-state index in [1.807, 2.05) is 124 Å². The molecule has 3 atom stereocenters. The number of esters is 1. The number of hydrogen-bond donors (Lipinski definition) is 1. The lowest BCUT2D eigenvalue weighted by Gasteiger charge is -2.45. The largest absolute Gasteiger partial charge is 0.452 e. The number of carbonyl (C=O) groups is 1. The molecule has 3 unspecified atom stereocenters. The lowest BCUT2D eigenvalue weighted by Crippen LogP contribution is -2.69. The molecule has 0 aromatic heterocycles. The average Bonchev–Trinajstić information content (AvgIpc) is 3.77. The summed E-state index contributed by atoms with van der Waals surface area (Å²) >= 11 is 0. The van der Waals surface area contributed by atoms with Gasteiger partial charge in [-0.25, -0.2) is 4.79 Å². The van der Waals surface area contributed by atoms with E-state index in [2.05, 4.69) is 26.8 Å². The van der Waals surface area contributed by atoms with Crippen LogP contribution in [0.4, 0.5) is 8.78 Å². The minimum absolute atomic E-state index is 0.354. The number of rotatable bonds is 7. The third-order valence-electron chi connectivity index (χ3n) is 9.83. The van der Waals surface area contributed by atoms with Gasteiger partial charge < -0.3 is 14.0 Å². The highest BCUT2D eigenvalue weighted by Crippen LogP contribution is 2.56. The maximum Gasteiger partial charge on any atom is 0.380 e. The van der Waals surface area contributed by atoms with Gasteiger partial charge in [-0.15, -0.1) is 0 Å². The third-order valence-corrected chi connectivity index (χ3v) is 19.3. The van der Waals surface area contributed by atoms with E-state index in [-0.39, 0.29) is 5.04 Å². The van der Waals surface area contributed by atoms with Crippen LogP contribution in [-0.4, -0.2) is 45.0 Å². The predicted octanol–water partition coefficient (Wildman–Crippen LogP) is 6.18. The van der Waals surface area contributed by atoms with Crippen LogP contribution in [0, 0.1) is 0 Å². The van der Waals surface area contributed by atoms with Crippen LogP contribution < -0.4 is 20.7 Å². The zero-order valence-corrected chi connectivity index (χ0v) is 29.3. The Morgan fingerprint density at radius 1 is 0.696 bits per heavy atom. The van der Waals surface area contributed by atoms with Gasteiger partial charge in [0.2, 0.25) is 0 Å². The molecule has 6 rings (SSSR count). The van der Waals surface area contributed by atoms with E-state index >= 15 is 8.78 Å². The molecular weight excluding hydrogens is 615 g/mol. The van der Waals surface area contributed by atoms with Gasteiger partial charge in [-0.2, -0.15) is 8.78 Å². The summed E-state index contributed by atoms with van der Waals surface area (Å²) in [4.78, 5) is 24.7. The Hall–Kier alpha value is -3.44. The molecule has 1 aliphatic carbocycles. The number of hydrogen-bond acceptors (Lipinski definition) is 4. The minimum atomic E-state index is -3.74. The summed E-state index contributed by atoms with van der Waals surface area (Å²) in [6.07, 6.45) is -0.941. The molecule has 4 aromatic rings. The molecule has 240 valence electrons. The zero-order valence-electron chi connectivity index (χ0n) is 27.3. The van der Waals surface area contributed by atoms with Gasteiger partial charge in [0, 0.05) is 0 Å². The fourth-order valence-corrected chi connectivity index (χ4v) is 15.3. The summed E-state index contributed by atoms with van der Waals surface area (Å²) in [5.74, 6) is -5.24. The van der Waals surface area contributed by atoms with E-state index in [9.17, 15) is 9.59 Å². The number of benzene rings is 4. The molecule has 8 heteroatoms. The Balaban J connectivity index is 1.46. The van der Waals surface area contributed by atoms with Gasteiger partial charge in [-0.1, -0.05) is 151 Å². The van der Waals surface area contributed by atoms with Gasteiger partial charge in [-0.05, 0) is 54.8 Å². The Morgan fingerprint density at radius 3 is 1.74 bits per heavy atom. The van der Waals surface area contributed by atoms with Gasteiger partial charge in [0.1, 0.15) is 5.60 Å². The topological polar surface area (TPSA) is 55.8 Å². The predicted molar refractivity (Wildman–Crippen MR) is 184 cm³/mol. The van der Waals surface area contributed by atoms with Crippen molar-refractivity contribution in [2.75, 3.05) is 0 Å². The van der Waals surface area contributed by atoms with Gasteiger partial charge in [-0.3, -0.25) is 0 Å². The van der Waals surface area contributed by atoms with Gasteiger partial charge in [0.15, 0.2) is 6.10 Å². The molecule has 4 nitrogen and oxygen atoms in total. The molecule has 2 fully saturated rings. The Kier molecular flexibility index (Phi) is 7.83. The molecule has 1 N–H and O–H groups in total. The summed E-state index contributed by atoms with van der Waals surface area (Å²) in [7, 11) is -6.61. The molecule has 0 radical (unpaired) electrons. The summed E-state index contributed by atoms with van der Waals surface area (Å²) in [6.45, 7) is 12.4. The van der Waals surface area contributed by atoms with E-state index in [0.717, 1.165) is 31.9 Å². The highest BCUT2D eigenvalue weighted by molar-refractivity contribution is 7.00. The first-order valence-corrected chi connectivity index (χ1v) is 19.8. The molecule has 1 aliphatic heterocycles. The molecular formula is C38H42F2O4Si2. The smallest absolute Gasteiger partial charge is 0.380 e. The maximum absolute atomic E-state index is 15.6. The number of ether oxygens (including phenoxy) is 1. The Bertz CT molecular complexity index is 1730. The van der Waals surface area contributed by atoms with Crippen LogP contribution in [0.25, 0.3) is 11.1 Å². The first kappa shape index (κ1) is 32.5. The van der Waals surface area contributed by atoms with Crippen LogP contribution >= 0.6 is 0 Å². The van der Waals surface area contributed by atoms with Crippen LogP contribution in [0.1, 0.15) is 54.4 Å². The quantitative estimate of drug-likeness (QED) is 0.191. The van der Waals surface area contributed by atoms with E-state index in [0.29, 0.717) is 12.8 Å². The van der Waals surface area contributed by atoms with Crippen LogP contribution in [0.5, 0.6) is 0 Å². The van der Waals surface area contributed by atoms with Gasteiger partial charge in [0.25, 0.3) is 16.6 Å². The summed E-state index contributed by atoms with van der Waals surface area (Å²) in [5.41, 5.74) is 0.577. The van der Waals surface area contributed by atoms with Crippen molar-refractivity contribution >= 4 is 43.4 Å². The van der Waals surface area contributed by atoms with E-state index in [1.54, 1.807) is 0 Å². The van der Waals surface area contributed by atoms with E-state index < -0.39 is 45.3 Å². The monoisotopic (exact) mass is 656 g/mol. The third kappa shape index (κ3) is 5.10. The number of halogens is 2. The Morgan fingerprint density at radius 2 is 1.22 bits per heavy atom. The second-order valence-corrected chi connectivity index (χ2v) is 23.2. The van der Waals surface area contributed by atoms with Crippen molar-refractivity contribution in [3.63, 3.8) is 0 Å². The van der Waals surface area contributed by atoms with Crippen molar-refractivity contribution in [2.45, 2.75) is 82.1 Å². The van der Waals surface area contributed by atoms with E-state index in [4.69, 9.17) is 9.16 Å². The molecule has 46 heavy (non-hydrogen) atoms. The van der Waals surface area contributed by atoms with Crippen LogP contribution in [0.2, 0.25) is 10.1 Å². The second-order valence-electron chi connectivity index (χ2n) is 14.9. The van der Waals surface area contributed by atoms with Crippen LogP contribution in [-0.2, 0) is 14.0 Å². The number of carbonyl (C=O) groups excluding carboxylic acids is 1. The van der Waals surface area contributed by atoms with E-state index in [1.165, 1.54) is 0 Å². The molecule has 1 spiro atoms. The van der Waals surface area contributed by atoms with Crippen LogP contribution in [0.15, 0.2) is 109 Å². The first-order valence-electron chi connectivity index (χ1n) is 15.9. The van der Waals surface area contributed by atoms with Crippen LogP contribution in [0.3, 0.4) is 0 Å². The van der Waals surface area contributed by atoms with Gasteiger partial charge in [0.05, 0.1) is 0 Å².